The quantitative estimate of drug-likeness (QED) is 0.770. The summed E-state index contributed by atoms with van der Waals surface area (Å²) in [4.78, 5) is 4.26. The van der Waals surface area contributed by atoms with Gasteiger partial charge in [0.1, 0.15) is 10.6 Å². The summed E-state index contributed by atoms with van der Waals surface area (Å²) in [6.07, 6.45) is 7.86. The van der Waals surface area contributed by atoms with Crippen molar-refractivity contribution in [3.05, 3.63) is 16.6 Å². The van der Waals surface area contributed by atoms with Crippen LogP contribution < -0.4 is 0 Å². The summed E-state index contributed by atoms with van der Waals surface area (Å²) in [6.45, 7) is 4.31. The smallest absolute Gasteiger partial charge is 0.124 e. The second kappa shape index (κ2) is 6.23. The Morgan fingerprint density at radius 2 is 1.87 bits per heavy atom. The Hall–Kier alpha value is -0.410. The number of hydrogen-bond acceptors (Lipinski definition) is 3. The molecular formula is C12H21NOS. The van der Waals surface area contributed by atoms with Crippen LogP contribution in [0.25, 0.3) is 0 Å². The number of nitrogens with zero attached hydrogens (tertiary/aromatic N) is 1. The van der Waals surface area contributed by atoms with E-state index in [1.165, 1.54) is 0 Å². The lowest BCUT2D eigenvalue weighted by atomic mass is 9.91. The molecule has 0 saturated heterocycles. The number of rotatable bonds is 7. The third-order valence-electron chi connectivity index (χ3n) is 2.72. The minimum Gasteiger partial charge on any atom is -0.383 e. The van der Waals surface area contributed by atoms with Gasteiger partial charge >= 0.3 is 0 Å². The van der Waals surface area contributed by atoms with E-state index in [9.17, 15) is 5.11 Å². The highest BCUT2D eigenvalue weighted by atomic mass is 32.1. The molecule has 0 amide bonds. The third kappa shape index (κ3) is 3.58. The van der Waals surface area contributed by atoms with Crippen LogP contribution in [0.3, 0.4) is 0 Å². The van der Waals surface area contributed by atoms with Crippen LogP contribution in [0.15, 0.2) is 11.6 Å². The molecule has 1 heterocycles. The van der Waals surface area contributed by atoms with Crippen LogP contribution in [-0.2, 0) is 5.60 Å². The first-order valence-corrected chi connectivity index (χ1v) is 6.73. The predicted molar refractivity (Wildman–Crippen MR) is 65.1 cm³/mol. The van der Waals surface area contributed by atoms with Crippen molar-refractivity contribution < 1.29 is 5.11 Å². The Balaban J connectivity index is 2.67. The average molecular weight is 227 g/mol. The van der Waals surface area contributed by atoms with Crippen LogP contribution >= 0.6 is 11.3 Å². The lowest BCUT2D eigenvalue weighted by Gasteiger charge is -2.25. The molecule has 0 atom stereocenters. The highest BCUT2D eigenvalue weighted by Gasteiger charge is 2.30. The molecule has 0 radical (unpaired) electrons. The molecule has 86 valence electrons. The first-order valence-electron chi connectivity index (χ1n) is 5.85. The van der Waals surface area contributed by atoms with Gasteiger partial charge in [-0.25, -0.2) is 4.98 Å². The molecule has 2 nitrogen and oxygen atoms in total. The zero-order valence-electron chi connectivity index (χ0n) is 9.70. The van der Waals surface area contributed by atoms with Crippen molar-refractivity contribution in [3.63, 3.8) is 0 Å². The Morgan fingerprint density at radius 3 is 2.27 bits per heavy atom. The summed E-state index contributed by atoms with van der Waals surface area (Å²) >= 11 is 1.57. The van der Waals surface area contributed by atoms with Crippen LogP contribution in [0.4, 0.5) is 0 Å². The van der Waals surface area contributed by atoms with Gasteiger partial charge in [0, 0.05) is 11.6 Å². The molecule has 1 rings (SSSR count). The predicted octanol–water partition coefficient (Wildman–Crippen LogP) is 3.71. The van der Waals surface area contributed by atoms with Crippen LogP contribution in [0.2, 0.25) is 0 Å². The van der Waals surface area contributed by atoms with E-state index in [2.05, 4.69) is 18.8 Å². The molecule has 0 aromatic carbocycles. The van der Waals surface area contributed by atoms with Crippen LogP contribution in [0.5, 0.6) is 0 Å². The molecule has 15 heavy (non-hydrogen) atoms. The maximum atomic E-state index is 10.6. The van der Waals surface area contributed by atoms with Crippen LogP contribution in [-0.4, -0.2) is 10.1 Å². The Bertz CT molecular complexity index is 251. The normalized spacial score (nSPS) is 11.9. The fourth-order valence-electron chi connectivity index (χ4n) is 1.73. The van der Waals surface area contributed by atoms with Crippen molar-refractivity contribution in [1.29, 1.82) is 0 Å². The van der Waals surface area contributed by atoms with Gasteiger partial charge in [0.15, 0.2) is 0 Å². The largest absolute Gasteiger partial charge is 0.383 e. The lowest BCUT2D eigenvalue weighted by Crippen LogP contribution is -2.25. The number of unbranched alkanes of at least 4 members (excludes halogenated alkanes) is 2. The van der Waals surface area contributed by atoms with E-state index in [0.29, 0.717) is 0 Å². The lowest BCUT2D eigenvalue weighted by molar-refractivity contribution is 0.0139. The third-order valence-corrected chi connectivity index (χ3v) is 3.68. The molecule has 1 N–H and O–H groups in total. The van der Waals surface area contributed by atoms with Gasteiger partial charge in [-0.2, -0.15) is 0 Å². The molecule has 0 aliphatic carbocycles. The van der Waals surface area contributed by atoms with Crippen molar-refractivity contribution in [1.82, 2.24) is 4.98 Å². The topological polar surface area (TPSA) is 33.1 Å². The van der Waals surface area contributed by atoms with Gasteiger partial charge in [-0.1, -0.05) is 39.5 Å². The van der Waals surface area contributed by atoms with Gasteiger partial charge in [-0.15, -0.1) is 11.3 Å². The molecule has 0 bridgehead atoms. The van der Waals surface area contributed by atoms with Gasteiger partial charge in [0.25, 0.3) is 0 Å². The van der Waals surface area contributed by atoms with Crippen molar-refractivity contribution >= 4 is 11.3 Å². The van der Waals surface area contributed by atoms with Crippen LogP contribution in [0.1, 0.15) is 57.4 Å². The van der Waals surface area contributed by atoms with Gasteiger partial charge in [0.2, 0.25) is 0 Å². The van der Waals surface area contributed by atoms with E-state index in [4.69, 9.17) is 0 Å². The van der Waals surface area contributed by atoms with Crippen molar-refractivity contribution in [2.45, 2.75) is 58.0 Å². The van der Waals surface area contributed by atoms with Gasteiger partial charge in [-0.05, 0) is 12.8 Å². The maximum Gasteiger partial charge on any atom is 0.124 e. The summed E-state index contributed by atoms with van der Waals surface area (Å²) in [6, 6.07) is 0. The Morgan fingerprint density at radius 1 is 1.27 bits per heavy atom. The zero-order valence-corrected chi connectivity index (χ0v) is 10.5. The minimum atomic E-state index is -0.666. The molecule has 0 aliphatic rings. The minimum absolute atomic E-state index is 0.666. The molecule has 0 saturated carbocycles. The SMILES string of the molecule is CCCCC(O)(CCCC)c1nccs1. The number of aliphatic hydroxyl groups is 1. The summed E-state index contributed by atoms with van der Waals surface area (Å²) in [5.74, 6) is 0. The number of thiazole rings is 1. The summed E-state index contributed by atoms with van der Waals surface area (Å²) in [5.41, 5.74) is -0.666. The summed E-state index contributed by atoms with van der Waals surface area (Å²) in [7, 11) is 0. The van der Waals surface area contributed by atoms with E-state index in [1.54, 1.807) is 17.5 Å². The molecular weight excluding hydrogens is 206 g/mol. The van der Waals surface area contributed by atoms with Crippen LogP contribution in [0, 0.1) is 0 Å². The van der Waals surface area contributed by atoms with E-state index in [1.807, 2.05) is 5.38 Å². The Kier molecular flexibility index (Phi) is 5.26. The van der Waals surface area contributed by atoms with Crippen molar-refractivity contribution in [2.75, 3.05) is 0 Å². The first kappa shape index (κ1) is 12.7. The average Bonchev–Trinajstić information content (AvgIpc) is 2.77. The van der Waals surface area contributed by atoms with Gasteiger partial charge in [0.05, 0.1) is 0 Å². The molecule has 0 aliphatic heterocycles. The molecule has 1 aromatic heterocycles. The summed E-state index contributed by atoms with van der Waals surface area (Å²) < 4.78 is 0. The fourth-order valence-corrected chi connectivity index (χ4v) is 2.53. The summed E-state index contributed by atoms with van der Waals surface area (Å²) in [5, 5.41) is 13.4. The second-order valence-electron chi connectivity index (χ2n) is 4.08. The molecule has 0 spiro atoms. The van der Waals surface area contributed by atoms with E-state index < -0.39 is 5.60 Å². The number of aromatic nitrogens is 1. The maximum absolute atomic E-state index is 10.6. The van der Waals surface area contributed by atoms with Crippen molar-refractivity contribution in [2.24, 2.45) is 0 Å². The standard InChI is InChI=1S/C12H21NOS/c1-3-5-7-12(14,8-6-4-2)11-13-9-10-15-11/h9-10,14H,3-8H2,1-2H3. The Labute approximate surface area is 96.4 Å². The molecule has 3 heteroatoms. The molecule has 0 fully saturated rings. The monoisotopic (exact) mass is 227 g/mol. The van der Waals surface area contributed by atoms with E-state index >= 15 is 0 Å². The highest BCUT2D eigenvalue weighted by molar-refractivity contribution is 7.09. The van der Waals surface area contributed by atoms with E-state index in [-0.39, 0.29) is 0 Å². The zero-order chi connectivity index (χ0) is 11.1. The highest BCUT2D eigenvalue weighted by Crippen LogP contribution is 2.33. The van der Waals surface area contributed by atoms with E-state index in [0.717, 1.165) is 43.5 Å². The molecule has 1 aromatic rings. The van der Waals surface area contributed by atoms with Gasteiger partial charge in [-0.3, -0.25) is 0 Å². The second-order valence-corrected chi connectivity index (χ2v) is 4.97. The molecule has 0 unspecified atom stereocenters. The first-order chi connectivity index (χ1) is 7.23. The van der Waals surface area contributed by atoms with Crippen molar-refractivity contribution in [3.8, 4) is 0 Å². The number of hydrogen-bond donors (Lipinski definition) is 1. The fraction of sp³-hybridized carbons (Fsp3) is 0.750. The van der Waals surface area contributed by atoms with Gasteiger partial charge < -0.3 is 5.11 Å².